The Kier molecular flexibility index (Phi) is 20.5. The number of nitrogens with one attached hydrogen (secondary N) is 1. The van der Waals surface area contributed by atoms with Crippen LogP contribution in [0.4, 0.5) is 85.1 Å². The number of allylic oxidation sites excluding steroid dienone is 1. The topological polar surface area (TPSA) is 102 Å². The van der Waals surface area contributed by atoms with Crippen LogP contribution in [0, 0.1) is 0 Å². The summed E-state index contributed by atoms with van der Waals surface area (Å²) < 4.78 is 270. The number of anilines is 1. The molecule has 1 amide bonds. The molecule has 2 aromatic rings. The van der Waals surface area contributed by atoms with Crippen molar-refractivity contribution in [3.05, 3.63) is 65.7 Å². The average molecular weight is 1060 g/mol. The fourth-order valence-corrected chi connectivity index (χ4v) is 11.4. The van der Waals surface area contributed by atoms with E-state index < -0.39 is 117 Å². The van der Waals surface area contributed by atoms with Crippen LogP contribution in [0.25, 0.3) is 0 Å². The van der Waals surface area contributed by atoms with Crippen LogP contribution in [0.3, 0.4) is 0 Å². The third kappa shape index (κ3) is 12.9. The summed E-state index contributed by atoms with van der Waals surface area (Å²) in [6.45, 7) is 7.60. The van der Waals surface area contributed by atoms with E-state index in [4.69, 9.17) is 28.1 Å². The number of hydrogen-bond acceptors (Lipinski definition) is 8. The molecule has 0 radical (unpaired) electrons. The van der Waals surface area contributed by atoms with E-state index in [1.165, 1.54) is 66.2 Å². The van der Waals surface area contributed by atoms with Gasteiger partial charge in [0.25, 0.3) is 0 Å². The van der Waals surface area contributed by atoms with Gasteiger partial charge in [-0.2, -0.15) is 74.6 Å². The first-order valence-electron chi connectivity index (χ1n) is 21.0. The number of esters is 1. The maximum Gasteiger partial charge on any atom is 0.460 e. The van der Waals surface area contributed by atoms with Gasteiger partial charge in [-0.05, 0) is 85.8 Å². The molecule has 400 valence electrons. The van der Waals surface area contributed by atoms with Crippen LogP contribution in [0.2, 0.25) is 17.1 Å². The van der Waals surface area contributed by atoms with Crippen molar-refractivity contribution in [2.45, 2.75) is 138 Å². The summed E-state index contributed by atoms with van der Waals surface area (Å²) in [7, 11) is -1.24. The van der Waals surface area contributed by atoms with Crippen molar-refractivity contribution in [3.8, 4) is 11.5 Å². The Morgan fingerprint density at radius 3 is 1.61 bits per heavy atom. The lowest BCUT2D eigenvalue weighted by molar-refractivity contribution is -0.461. The van der Waals surface area contributed by atoms with Gasteiger partial charge in [-0.1, -0.05) is 45.9 Å². The maximum absolute atomic E-state index is 15.1. The molecule has 9 nitrogen and oxygen atoms in total. The Bertz CT molecular complexity index is 2030. The molecule has 0 saturated heterocycles. The highest BCUT2D eigenvalue weighted by molar-refractivity contribution is 6.76. The van der Waals surface area contributed by atoms with Crippen molar-refractivity contribution >= 4 is 26.1 Å². The van der Waals surface area contributed by atoms with Gasteiger partial charge in [0.1, 0.15) is 18.1 Å². The minimum atomic E-state index is -8.71. The average Bonchev–Trinajstić information content (AvgIpc) is 3.26. The van der Waals surface area contributed by atoms with Crippen LogP contribution >= 0.6 is 0 Å². The Hall–Kier alpha value is -4.53. The number of alkyl halides is 17. The van der Waals surface area contributed by atoms with Gasteiger partial charge in [-0.25, -0.2) is 9.59 Å². The molecule has 0 heterocycles. The third-order valence-electron chi connectivity index (χ3n) is 11.2. The number of benzene rings is 2. The fourth-order valence-electron chi connectivity index (χ4n) is 6.98. The van der Waals surface area contributed by atoms with Crippen molar-refractivity contribution in [1.29, 1.82) is 0 Å². The number of amides is 1. The zero-order valence-electron chi connectivity index (χ0n) is 38.6. The Labute approximate surface area is 392 Å². The van der Waals surface area contributed by atoms with Crippen LogP contribution in [-0.4, -0.2) is 108 Å². The lowest BCUT2D eigenvalue weighted by Gasteiger charge is -2.44. The Balaban J connectivity index is 2.33. The molecule has 0 bridgehead atoms. The molecule has 0 spiro atoms. The molecule has 2 atom stereocenters. The predicted molar refractivity (Wildman–Crippen MR) is 220 cm³/mol. The molecule has 2 aromatic carbocycles. The normalized spacial score (nSPS) is 14.9. The van der Waals surface area contributed by atoms with Gasteiger partial charge in [-0.15, -0.1) is 0 Å². The second-order valence-electron chi connectivity index (χ2n) is 16.3. The van der Waals surface area contributed by atoms with Crippen LogP contribution in [0.15, 0.2) is 60.2 Å². The van der Waals surface area contributed by atoms with Crippen LogP contribution in [0.5, 0.6) is 11.5 Å². The number of ether oxygens (including phenoxy) is 5. The summed E-state index contributed by atoms with van der Waals surface area (Å²) in [6.07, 6.45) is -11.2. The second kappa shape index (κ2) is 23.3. The highest BCUT2D eigenvalue weighted by Crippen LogP contribution is 2.64. The summed E-state index contributed by atoms with van der Waals surface area (Å²) in [5, 5.41) is 2.58. The second-order valence-corrected chi connectivity index (χ2v) is 21.3. The first kappa shape index (κ1) is 61.6. The quantitative estimate of drug-likeness (QED) is 0.0310. The molecule has 0 aliphatic rings. The predicted octanol–water partition coefficient (Wildman–Crippen LogP) is 13.8. The van der Waals surface area contributed by atoms with E-state index in [0.717, 1.165) is 0 Å². The molecule has 1 N–H and O–H groups in total. The van der Waals surface area contributed by atoms with Gasteiger partial charge < -0.3 is 28.1 Å². The highest BCUT2D eigenvalue weighted by Gasteiger charge is 2.95. The van der Waals surface area contributed by atoms with E-state index in [0.29, 0.717) is 22.6 Å². The van der Waals surface area contributed by atoms with Crippen molar-refractivity contribution in [2.24, 2.45) is 0 Å². The molecular weight excluding hydrogens is 1010 g/mol. The molecule has 2 rings (SSSR count). The zero-order valence-corrected chi connectivity index (χ0v) is 39.6. The maximum atomic E-state index is 15.1. The first-order valence-corrected chi connectivity index (χ1v) is 23.2. The highest BCUT2D eigenvalue weighted by atomic mass is 28.4. The molecule has 0 saturated carbocycles. The minimum absolute atomic E-state index is 0.0989. The van der Waals surface area contributed by atoms with Gasteiger partial charge in [0.15, 0.2) is 14.4 Å². The lowest BCUT2D eigenvalue weighted by Crippen LogP contribution is -2.74. The molecule has 0 aliphatic heterocycles. The Morgan fingerprint density at radius 1 is 0.671 bits per heavy atom. The third-order valence-corrected chi connectivity index (χ3v) is 16.9. The molecular formula is C43H52F17NO8Si. The van der Waals surface area contributed by atoms with E-state index in [-0.39, 0.29) is 25.2 Å². The minimum Gasteiger partial charge on any atom is -0.497 e. The van der Waals surface area contributed by atoms with E-state index in [1.54, 1.807) is 44.2 Å². The van der Waals surface area contributed by atoms with Crippen molar-refractivity contribution in [2.75, 3.05) is 39.4 Å². The van der Waals surface area contributed by atoms with E-state index in [2.05, 4.69) is 5.32 Å². The number of rotatable bonds is 27. The monoisotopic (exact) mass is 1060 g/mol. The number of halogens is 17. The van der Waals surface area contributed by atoms with Gasteiger partial charge in [0, 0.05) is 24.8 Å². The van der Waals surface area contributed by atoms with Crippen LogP contribution in [-0.2, 0) is 23.4 Å². The summed E-state index contributed by atoms with van der Waals surface area (Å²) in [5.41, 5.74) is -0.789. The summed E-state index contributed by atoms with van der Waals surface area (Å²) in [4.78, 5) is 25.2. The van der Waals surface area contributed by atoms with E-state index >= 15 is 8.78 Å². The number of methoxy groups -OCH3 is 2. The van der Waals surface area contributed by atoms with Crippen molar-refractivity contribution < 1.29 is 112 Å². The smallest absolute Gasteiger partial charge is 0.460 e. The van der Waals surface area contributed by atoms with Crippen LogP contribution in [0.1, 0.15) is 72.5 Å². The Morgan fingerprint density at radius 2 is 1.16 bits per heavy atom. The van der Waals surface area contributed by atoms with Gasteiger partial charge in [-0.3, -0.25) is 5.32 Å². The number of carbonyl (C=O) groups is 2. The SMILES string of the molecule is CCOC(=O)/C(C)=C/CC[C@@H](OC)[C@H](OC(=O)Nc1ccc(OC)cc1)c1ccc(OCCO[Si](CCC(F)(F)C(F)(F)C(F)(F)C(F)(F)C(F)(F)C(F)(F)C(F)(F)C(F)(F)F)(C(C)C)C(C)C)cc1. The first-order chi connectivity index (χ1) is 31.9. The van der Waals surface area contributed by atoms with Gasteiger partial charge in [0.05, 0.1) is 26.4 Å². The fraction of sp³-hybridized carbons (Fsp3) is 0.628. The number of hydrogen-bond donors (Lipinski definition) is 1. The van der Waals surface area contributed by atoms with Gasteiger partial charge >= 0.3 is 59.7 Å². The van der Waals surface area contributed by atoms with Crippen molar-refractivity contribution in [3.63, 3.8) is 0 Å². The molecule has 0 aromatic heterocycles. The van der Waals surface area contributed by atoms with Crippen LogP contribution < -0.4 is 14.8 Å². The summed E-state index contributed by atoms with van der Waals surface area (Å²) >= 11 is 0. The molecule has 70 heavy (non-hydrogen) atoms. The largest absolute Gasteiger partial charge is 0.497 e. The van der Waals surface area contributed by atoms with Crippen molar-refractivity contribution in [1.82, 2.24) is 0 Å². The van der Waals surface area contributed by atoms with E-state index in [9.17, 15) is 75.4 Å². The lowest BCUT2D eigenvalue weighted by atomic mass is 9.88. The van der Waals surface area contributed by atoms with E-state index in [1.807, 2.05) is 0 Å². The molecule has 0 fully saturated rings. The molecule has 0 unspecified atom stereocenters. The zero-order chi connectivity index (χ0) is 54.1. The molecule has 0 aliphatic carbocycles. The molecule has 27 heteroatoms. The van der Waals surface area contributed by atoms with Gasteiger partial charge in [0.2, 0.25) is 0 Å². The summed E-state index contributed by atoms with van der Waals surface area (Å²) in [5.74, 6) is -56.8. The summed E-state index contributed by atoms with van der Waals surface area (Å²) in [6, 6.07) is 10.6. The number of carbonyl (C=O) groups excluding carboxylic acids is 2. The standard InChI is InChI=1S/C43H52F17NO8Si/c1-9-66-34(62)27(6)11-10-12-32(65-8)33(69-35(63)61-29-15-19-30(64-7)20-16-29)28-13-17-31(18-14-28)67-22-23-68-70(25(2)3,26(4)5)24-21-36(44,45)37(46,47)38(48,49)39(50,51)40(52,53)41(54,55)42(56,57)43(58,59)60/h11,13-20,25-26,32-33H,9-10,12,21-24H2,1-8H3,(H,61,63)/b27-11+/t32-,33-/m1/s1.